The molecule has 0 heterocycles. The molecule has 0 bridgehead atoms. The zero-order valence-electron chi connectivity index (χ0n) is 19.5. The third kappa shape index (κ3) is 9.15. The SMILES string of the molecule is COC(=O)CNC(=O)C(c1ccccc1)N(CC#N)C(=O)C(CC(N)=O)NC(=O)OC(C)(C)C. The third-order valence-corrected chi connectivity index (χ3v) is 4.23. The molecule has 0 aliphatic heterocycles. The number of nitrogens with one attached hydrogen (secondary N) is 2. The van der Waals surface area contributed by atoms with E-state index in [1.165, 1.54) is 0 Å². The van der Waals surface area contributed by atoms with Crippen molar-refractivity contribution in [1.82, 2.24) is 15.5 Å². The van der Waals surface area contributed by atoms with E-state index in [9.17, 15) is 29.2 Å². The first-order chi connectivity index (χ1) is 15.9. The van der Waals surface area contributed by atoms with Crippen LogP contribution in [0.3, 0.4) is 0 Å². The van der Waals surface area contributed by atoms with Gasteiger partial charge in [-0.05, 0) is 26.3 Å². The third-order valence-electron chi connectivity index (χ3n) is 4.23. The van der Waals surface area contributed by atoms with Crippen molar-refractivity contribution in [1.29, 1.82) is 5.26 Å². The number of carbonyl (C=O) groups excluding carboxylic acids is 5. The molecule has 0 radical (unpaired) electrons. The first-order valence-corrected chi connectivity index (χ1v) is 10.2. The van der Waals surface area contributed by atoms with Gasteiger partial charge < -0.3 is 30.7 Å². The second kappa shape index (κ2) is 12.8. The molecule has 1 aromatic carbocycles. The van der Waals surface area contributed by atoms with Gasteiger partial charge in [0.1, 0.15) is 30.8 Å². The normalized spacial score (nSPS) is 12.3. The van der Waals surface area contributed by atoms with Crippen molar-refractivity contribution in [2.75, 3.05) is 20.2 Å². The lowest BCUT2D eigenvalue weighted by molar-refractivity contribution is -0.144. The van der Waals surface area contributed by atoms with Crippen LogP contribution in [0.5, 0.6) is 0 Å². The summed E-state index contributed by atoms with van der Waals surface area (Å²) in [4.78, 5) is 62.7. The van der Waals surface area contributed by atoms with Crippen LogP contribution >= 0.6 is 0 Å². The average molecular weight is 476 g/mol. The Balaban J connectivity index is 3.36. The van der Waals surface area contributed by atoms with Crippen molar-refractivity contribution in [2.24, 2.45) is 5.73 Å². The fraction of sp³-hybridized carbons (Fsp3) is 0.455. The summed E-state index contributed by atoms with van der Waals surface area (Å²) in [6.45, 7) is 3.77. The predicted octanol–water partition coefficient (Wildman–Crippen LogP) is 0.138. The summed E-state index contributed by atoms with van der Waals surface area (Å²) in [6.07, 6.45) is -1.60. The van der Waals surface area contributed by atoms with Crippen molar-refractivity contribution < 1.29 is 33.4 Å². The standard InChI is InChI=1S/C22H29N5O7/c1-22(2,3)34-21(32)26-15(12-16(24)28)20(31)27(11-10-23)18(14-8-6-5-7-9-14)19(30)25-13-17(29)33-4/h5-9,15,18H,11-13H2,1-4H3,(H2,24,28)(H,25,30)(H,26,32). The highest BCUT2D eigenvalue weighted by molar-refractivity contribution is 5.95. The summed E-state index contributed by atoms with van der Waals surface area (Å²) < 4.78 is 9.65. The van der Waals surface area contributed by atoms with E-state index in [4.69, 9.17) is 10.5 Å². The summed E-state index contributed by atoms with van der Waals surface area (Å²) in [5.74, 6) is -3.34. The molecule has 0 saturated heterocycles. The van der Waals surface area contributed by atoms with E-state index < -0.39 is 67.0 Å². The molecule has 4 N–H and O–H groups in total. The van der Waals surface area contributed by atoms with Crippen LogP contribution < -0.4 is 16.4 Å². The van der Waals surface area contributed by atoms with Crippen LogP contribution in [0.2, 0.25) is 0 Å². The van der Waals surface area contributed by atoms with Gasteiger partial charge in [0.25, 0.3) is 0 Å². The smallest absolute Gasteiger partial charge is 0.408 e. The number of nitrogens with two attached hydrogens (primary N) is 1. The van der Waals surface area contributed by atoms with E-state index >= 15 is 0 Å². The number of nitriles is 1. The zero-order chi connectivity index (χ0) is 25.9. The second-order valence-electron chi connectivity index (χ2n) is 8.10. The molecule has 4 amide bonds. The van der Waals surface area contributed by atoms with Gasteiger partial charge in [0.15, 0.2) is 0 Å². The number of alkyl carbamates (subject to hydrolysis) is 1. The number of methoxy groups -OCH3 is 1. The Bertz CT molecular complexity index is 937. The van der Waals surface area contributed by atoms with Crippen LogP contribution in [-0.2, 0) is 28.7 Å². The molecule has 0 aromatic heterocycles. The van der Waals surface area contributed by atoms with Gasteiger partial charge in [-0.1, -0.05) is 30.3 Å². The molecule has 184 valence electrons. The number of primary amides is 1. The van der Waals surface area contributed by atoms with E-state index in [-0.39, 0.29) is 0 Å². The first kappa shape index (κ1) is 27.9. The van der Waals surface area contributed by atoms with Gasteiger partial charge in [0.2, 0.25) is 17.7 Å². The van der Waals surface area contributed by atoms with Gasteiger partial charge >= 0.3 is 12.1 Å². The topological polar surface area (TPSA) is 181 Å². The number of benzene rings is 1. The Morgan fingerprint density at radius 1 is 1.15 bits per heavy atom. The Morgan fingerprint density at radius 3 is 2.26 bits per heavy atom. The minimum absolute atomic E-state index is 0.323. The van der Waals surface area contributed by atoms with Gasteiger partial charge in [-0.15, -0.1) is 0 Å². The van der Waals surface area contributed by atoms with Crippen molar-refractivity contribution in [2.45, 2.75) is 44.9 Å². The van der Waals surface area contributed by atoms with Crippen LogP contribution in [0.4, 0.5) is 4.79 Å². The van der Waals surface area contributed by atoms with Gasteiger partial charge in [-0.2, -0.15) is 5.26 Å². The lowest BCUT2D eigenvalue weighted by Gasteiger charge is -2.32. The number of esters is 1. The minimum Gasteiger partial charge on any atom is -0.468 e. The zero-order valence-corrected chi connectivity index (χ0v) is 19.5. The van der Waals surface area contributed by atoms with E-state index in [2.05, 4.69) is 15.4 Å². The Hall–Kier alpha value is -4.14. The maximum atomic E-state index is 13.4. The van der Waals surface area contributed by atoms with Crippen LogP contribution in [0.15, 0.2) is 30.3 Å². The van der Waals surface area contributed by atoms with Crippen LogP contribution in [0.25, 0.3) is 0 Å². The molecule has 12 nitrogen and oxygen atoms in total. The number of hydrogen-bond donors (Lipinski definition) is 3. The average Bonchev–Trinajstić information content (AvgIpc) is 2.75. The molecule has 0 aliphatic carbocycles. The summed E-state index contributed by atoms with van der Waals surface area (Å²) in [5, 5.41) is 14.0. The van der Waals surface area contributed by atoms with Crippen molar-refractivity contribution in [3.63, 3.8) is 0 Å². The molecule has 0 fully saturated rings. The summed E-state index contributed by atoms with van der Waals surface area (Å²) in [6, 6.07) is 6.93. The van der Waals surface area contributed by atoms with E-state index in [1.54, 1.807) is 57.2 Å². The second-order valence-corrected chi connectivity index (χ2v) is 8.10. The molecular formula is C22H29N5O7. The highest BCUT2D eigenvalue weighted by Gasteiger charge is 2.37. The van der Waals surface area contributed by atoms with Crippen molar-refractivity contribution >= 4 is 29.8 Å². The molecule has 0 saturated carbocycles. The molecule has 2 atom stereocenters. The van der Waals surface area contributed by atoms with Gasteiger partial charge in [0.05, 0.1) is 19.6 Å². The molecule has 12 heteroatoms. The molecule has 1 aromatic rings. The first-order valence-electron chi connectivity index (χ1n) is 10.2. The molecule has 2 unspecified atom stereocenters. The van der Waals surface area contributed by atoms with E-state index in [0.717, 1.165) is 12.0 Å². The fourth-order valence-corrected chi connectivity index (χ4v) is 2.86. The fourth-order valence-electron chi connectivity index (χ4n) is 2.86. The Labute approximate surface area is 197 Å². The largest absolute Gasteiger partial charge is 0.468 e. The van der Waals surface area contributed by atoms with Crippen LogP contribution in [0.1, 0.15) is 38.8 Å². The van der Waals surface area contributed by atoms with Crippen molar-refractivity contribution in [3.05, 3.63) is 35.9 Å². The molecular weight excluding hydrogens is 446 g/mol. The van der Waals surface area contributed by atoms with Gasteiger partial charge in [-0.3, -0.25) is 19.2 Å². The molecule has 1 rings (SSSR count). The maximum Gasteiger partial charge on any atom is 0.408 e. The number of ether oxygens (including phenoxy) is 2. The van der Waals surface area contributed by atoms with E-state index in [0.29, 0.717) is 5.56 Å². The lowest BCUT2D eigenvalue weighted by atomic mass is 10.0. The number of carbonyl (C=O) groups is 5. The number of amides is 4. The molecule has 0 spiro atoms. The van der Waals surface area contributed by atoms with Crippen molar-refractivity contribution in [3.8, 4) is 6.07 Å². The quantitative estimate of drug-likeness (QED) is 0.315. The highest BCUT2D eigenvalue weighted by atomic mass is 16.6. The summed E-state index contributed by atoms with van der Waals surface area (Å²) >= 11 is 0. The summed E-state index contributed by atoms with van der Waals surface area (Å²) in [5.41, 5.74) is 4.69. The van der Waals surface area contributed by atoms with Crippen LogP contribution in [0, 0.1) is 11.3 Å². The summed E-state index contributed by atoms with van der Waals surface area (Å²) in [7, 11) is 1.14. The van der Waals surface area contributed by atoms with Gasteiger partial charge in [0, 0.05) is 0 Å². The monoisotopic (exact) mass is 475 g/mol. The Kier molecular flexibility index (Phi) is 10.5. The predicted molar refractivity (Wildman–Crippen MR) is 119 cm³/mol. The van der Waals surface area contributed by atoms with E-state index in [1.807, 2.05) is 0 Å². The molecule has 0 aliphatic rings. The molecule has 34 heavy (non-hydrogen) atoms. The van der Waals surface area contributed by atoms with Crippen LogP contribution in [-0.4, -0.2) is 66.5 Å². The highest BCUT2D eigenvalue weighted by Crippen LogP contribution is 2.22. The number of hydrogen-bond acceptors (Lipinski definition) is 8. The maximum absolute atomic E-state index is 13.4. The van der Waals surface area contributed by atoms with Gasteiger partial charge in [-0.25, -0.2) is 4.79 Å². The number of nitrogens with zero attached hydrogens (tertiary/aromatic N) is 2. The minimum atomic E-state index is -1.51. The number of rotatable bonds is 10. The Morgan fingerprint density at radius 2 is 1.76 bits per heavy atom. The lowest BCUT2D eigenvalue weighted by Crippen LogP contribution is -2.54.